The van der Waals surface area contributed by atoms with Gasteiger partial charge in [-0.25, -0.2) is 0 Å². The maximum atomic E-state index is 10.1. The quantitative estimate of drug-likeness (QED) is 0.784. The van der Waals surface area contributed by atoms with E-state index in [1.807, 2.05) is 6.07 Å². The zero-order chi connectivity index (χ0) is 9.60. The molecular formula is C11H15NO2. The Hall–Kier alpha value is -0.800. The van der Waals surface area contributed by atoms with Crippen molar-refractivity contribution in [2.45, 2.75) is 25.0 Å². The van der Waals surface area contributed by atoms with Crippen molar-refractivity contribution in [2.75, 3.05) is 13.1 Å². The predicted octanol–water partition coefficient (Wildman–Crippen LogP) is 1.24. The minimum Gasteiger partial charge on any atom is -0.472 e. The smallest absolute Gasteiger partial charge is 0.0947 e. The number of aliphatic hydroxyl groups is 1. The van der Waals surface area contributed by atoms with Crippen LogP contribution in [0.3, 0.4) is 0 Å². The summed E-state index contributed by atoms with van der Waals surface area (Å²) in [6.07, 6.45) is 5.91. The Bertz CT molecular complexity index is 310. The van der Waals surface area contributed by atoms with E-state index in [2.05, 4.69) is 4.90 Å². The summed E-state index contributed by atoms with van der Waals surface area (Å²) in [5.74, 6) is 0.586. The van der Waals surface area contributed by atoms with Gasteiger partial charge < -0.3 is 9.52 Å². The zero-order valence-corrected chi connectivity index (χ0v) is 8.15. The van der Waals surface area contributed by atoms with Crippen molar-refractivity contribution >= 4 is 0 Å². The monoisotopic (exact) mass is 193 g/mol. The fourth-order valence-electron chi connectivity index (χ4n) is 2.36. The number of hydrogen-bond donors (Lipinski definition) is 1. The van der Waals surface area contributed by atoms with Gasteiger partial charge in [0, 0.05) is 25.2 Å². The molecule has 0 unspecified atom stereocenters. The molecule has 1 saturated heterocycles. The largest absolute Gasteiger partial charge is 0.472 e. The summed E-state index contributed by atoms with van der Waals surface area (Å²) in [5, 5.41) is 10.1. The summed E-state index contributed by atoms with van der Waals surface area (Å²) in [6.45, 7) is 2.58. The molecule has 2 fully saturated rings. The van der Waals surface area contributed by atoms with E-state index < -0.39 is 0 Å². The molecule has 0 bridgehead atoms. The summed E-state index contributed by atoms with van der Waals surface area (Å²) in [7, 11) is 0. The van der Waals surface area contributed by atoms with Crippen molar-refractivity contribution in [3.8, 4) is 0 Å². The number of hydrogen-bond acceptors (Lipinski definition) is 3. The molecule has 3 nitrogen and oxygen atoms in total. The molecule has 0 amide bonds. The van der Waals surface area contributed by atoms with E-state index >= 15 is 0 Å². The van der Waals surface area contributed by atoms with E-state index in [4.69, 9.17) is 4.42 Å². The van der Waals surface area contributed by atoms with Crippen molar-refractivity contribution in [3.63, 3.8) is 0 Å². The van der Waals surface area contributed by atoms with Gasteiger partial charge in [-0.05, 0) is 24.8 Å². The second-order valence-electron chi connectivity index (χ2n) is 4.65. The molecule has 1 N–H and O–H groups in total. The molecule has 14 heavy (non-hydrogen) atoms. The Morgan fingerprint density at radius 3 is 2.86 bits per heavy atom. The van der Waals surface area contributed by atoms with Crippen LogP contribution in [0.5, 0.6) is 0 Å². The summed E-state index contributed by atoms with van der Waals surface area (Å²) < 4.78 is 5.01. The topological polar surface area (TPSA) is 36.6 Å². The third-order valence-electron chi connectivity index (χ3n) is 3.32. The first-order valence-electron chi connectivity index (χ1n) is 5.22. The molecule has 0 atom stereocenters. The van der Waals surface area contributed by atoms with Gasteiger partial charge in [0.25, 0.3) is 0 Å². The molecule has 3 heteroatoms. The lowest BCUT2D eigenvalue weighted by molar-refractivity contribution is -0.116. The van der Waals surface area contributed by atoms with Gasteiger partial charge in [-0.3, -0.25) is 4.90 Å². The van der Waals surface area contributed by atoms with Crippen molar-refractivity contribution < 1.29 is 9.52 Å². The lowest BCUT2D eigenvalue weighted by Crippen LogP contribution is -2.62. The van der Waals surface area contributed by atoms with Gasteiger partial charge in [-0.2, -0.15) is 0 Å². The first-order chi connectivity index (χ1) is 6.76. The van der Waals surface area contributed by atoms with Crippen molar-refractivity contribution in [1.29, 1.82) is 0 Å². The van der Waals surface area contributed by atoms with Gasteiger partial charge in [0.05, 0.1) is 18.1 Å². The molecular weight excluding hydrogens is 178 g/mol. The second kappa shape index (κ2) is 2.84. The maximum absolute atomic E-state index is 10.1. The van der Waals surface area contributed by atoms with Gasteiger partial charge in [0.2, 0.25) is 0 Å². The first kappa shape index (κ1) is 8.50. The molecule has 1 saturated carbocycles. The number of likely N-dealkylation sites (tertiary alicyclic amines) is 1. The molecule has 1 aromatic heterocycles. The third kappa shape index (κ3) is 1.37. The van der Waals surface area contributed by atoms with Crippen LogP contribution in [-0.4, -0.2) is 28.7 Å². The van der Waals surface area contributed by atoms with Gasteiger partial charge in [0.15, 0.2) is 0 Å². The van der Waals surface area contributed by atoms with E-state index in [0.717, 1.165) is 19.6 Å². The minimum absolute atomic E-state index is 0.357. The van der Waals surface area contributed by atoms with Gasteiger partial charge in [-0.1, -0.05) is 0 Å². The summed E-state index contributed by atoms with van der Waals surface area (Å²) in [4.78, 5) is 2.27. The average molecular weight is 193 g/mol. The van der Waals surface area contributed by atoms with Crippen molar-refractivity contribution in [3.05, 3.63) is 24.2 Å². The number of furan rings is 1. The molecule has 3 rings (SSSR count). The van der Waals surface area contributed by atoms with E-state index in [0.29, 0.717) is 5.92 Å². The third-order valence-corrected chi connectivity index (χ3v) is 3.32. The zero-order valence-electron chi connectivity index (χ0n) is 8.15. The molecule has 2 aliphatic rings. The highest BCUT2D eigenvalue weighted by molar-refractivity contribution is 5.10. The van der Waals surface area contributed by atoms with Gasteiger partial charge in [0.1, 0.15) is 0 Å². The maximum Gasteiger partial charge on any atom is 0.0947 e. The normalized spacial score (nSPS) is 26.1. The van der Waals surface area contributed by atoms with Crippen LogP contribution in [0.2, 0.25) is 0 Å². The highest BCUT2D eigenvalue weighted by Gasteiger charge is 2.51. The Labute approximate surface area is 83.3 Å². The number of rotatable bonds is 3. The minimum atomic E-state index is -0.357. The first-order valence-corrected chi connectivity index (χ1v) is 5.22. The SMILES string of the molecule is OC1(C2CC2)CN(Cc2ccoc2)C1. The molecule has 2 heterocycles. The van der Waals surface area contributed by atoms with Crippen LogP contribution < -0.4 is 0 Å². The lowest BCUT2D eigenvalue weighted by Gasteiger charge is -2.47. The lowest BCUT2D eigenvalue weighted by atomic mass is 9.88. The molecule has 0 aromatic carbocycles. The van der Waals surface area contributed by atoms with Crippen LogP contribution in [0.15, 0.2) is 23.0 Å². The molecule has 0 spiro atoms. The highest BCUT2D eigenvalue weighted by Crippen LogP contribution is 2.44. The van der Waals surface area contributed by atoms with Crippen LogP contribution in [-0.2, 0) is 6.54 Å². The summed E-state index contributed by atoms with van der Waals surface area (Å²) >= 11 is 0. The second-order valence-corrected chi connectivity index (χ2v) is 4.65. The molecule has 0 radical (unpaired) electrons. The van der Waals surface area contributed by atoms with Crippen LogP contribution in [0.4, 0.5) is 0 Å². The molecule has 1 aliphatic carbocycles. The summed E-state index contributed by atoms with van der Waals surface area (Å²) in [5.41, 5.74) is 0.840. The van der Waals surface area contributed by atoms with Crippen LogP contribution in [0.1, 0.15) is 18.4 Å². The van der Waals surface area contributed by atoms with E-state index in [9.17, 15) is 5.11 Å². The van der Waals surface area contributed by atoms with Crippen molar-refractivity contribution in [1.82, 2.24) is 4.90 Å². The predicted molar refractivity (Wildman–Crippen MR) is 51.7 cm³/mol. The van der Waals surface area contributed by atoms with E-state index in [1.54, 1.807) is 12.5 Å². The Kier molecular flexibility index (Phi) is 1.73. The number of β-amino-alcohol motifs (C(OH)–C–C–N with tert-alkyl or cyclic N) is 1. The van der Waals surface area contributed by atoms with Gasteiger partial charge >= 0.3 is 0 Å². The Balaban J connectivity index is 1.54. The van der Waals surface area contributed by atoms with Crippen LogP contribution >= 0.6 is 0 Å². The van der Waals surface area contributed by atoms with Crippen LogP contribution in [0.25, 0.3) is 0 Å². The standard InChI is InChI=1S/C11H15NO2/c13-11(10-1-2-10)7-12(8-11)5-9-3-4-14-6-9/h3-4,6,10,13H,1-2,5,7-8H2. The average Bonchev–Trinajstić information content (AvgIpc) is 2.84. The fraction of sp³-hybridized carbons (Fsp3) is 0.636. The Morgan fingerprint density at radius 1 is 1.50 bits per heavy atom. The summed E-state index contributed by atoms with van der Waals surface area (Å²) in [6, 6.07) is 1.98. The molecule has 1 aromatic rings. The highest BCUT2D eigenvalue weighted by atomic mass is 16.3. The molecule has 1 aliphatic heterocycles. The van der Waals surface area contributed by atoms with E-state index in [1.165, 1.54) is 18.4 Å². The molecule has 76 valence electrons. The fourth-order valence-corrected chi connectivity index (χ4v) is 2.36. The van der Waals surface area contributed by atoms with Crippen molar-refractivity contribution in [2.24, 2.45) is 5.92 Å². The number of nitrogens with zero attached hydrogens (tertiary/aromatic N) is 1. The van der Waals surface area contributed by atoms with Gasteiger partial charge in [-0.15, -0.1) is 0 Å². The van der Waals surface area contributed by atoms with Crippen LogP contribution in [0, 0.1) is 5.92 Å². The Morgan fingerprint density at radius 2 is 2.29 bits per heavy atom. The van der Waals surface area contributed by atoms with E-state index in [-0.39, 0.29) is 5.60 Å².